The third kappa shape index (κ3) is 2.44. The van der Waals surface area contributed by atoms with E-state index in [1.165, 1.54) is 56.3 Å². The molecule has 1 aromatic rings. The Labute approximate surface area is 117 Å². The van der Waals surface area contributed by atoms with Crippen molar-refractivity contribution in [3.63, 3.8) is 0 Å². The van der Waals surface area contributed by atoms with Crippen LogP contribution in [0.1, 0.15) is 49.1 Å². The maximum absolute atomic E-state index is 6.07. The highest BCUT2D eigenvalue weighted by atomic mass is 15.1. The van der Waals surface area contributed by atoms with Crippen LogP contribution < -0.4 is 5.73 Å². The first-order valence-electron chi connectivity index (χ1n) is 7.73. The summed E-state index contributed by atoms with van der Waals surface area (Å²) in [6.07, 6.45) is 6.53. The maximum atomic E-state index is 6.07. The summed E-state index contributed by atoms with van der Waals surface area (Å²) in [5, 5.41) is 0. The van der Waals surface area contributed by atoms with Crippen molar-refractivity contribution in [3.05, 3.63) is 35.4 Å². The highest BCUT2D eigenvalue weighted by Crippen LogP contribution is 2.40. The first-order chi connectivity index (χ1) is 9.23. The molecule has 0 radical (unpaired) electrons. The van der Waals surface area contributed by atoms with Gasteiger partial charge in [0.25, 0.3) is 0 Å². The molecule has 1 atom stereocenters. The van der Waals surface area contributed by atoms with Gasteiger partial charge >= 0.3 is 0 Å². The zero-order chi connectivity index (χ0) is 13.3. The Hall–Kier alpha value is -0.860. The predicted molar refractivity (Wildman–Crippen MR) is 80.5 cm³/mol. The van der Waals surface area contributed by atoms with Crippen LogP contribution in [0.15, 0.2) is 24.3 Å². The van der Waals surface area contributed by atoms with Gasteiger partial charge in [-0.2, -0.15) is 0 Å². The van der Waals surface area contributed by atoms with Crippen molar-refractivity contribution in [3.8, 4) is 0 Å². The Morgan fingerprint density at radius 1 is 1.21 bits per heavy atom. The first kappa shape index (κ1) is 13.1. The van der Waals surface area contributed by atoms with Gasteiger partial charge in [-0.3, -0.25) is 0 Å². The van der Waals surface area contributed by atoms with Gasteiger partial charge < -0.3 is 10.6 Å². The third-order valence-corrected chi connectivity index (χ3v) is 5.34. The zero-order valence-corrected chi connectivity index (χ0v) is 12.1. The third-order valence-electron chi connectivity index (χ3n) is 5.34. The zero-order valence-electron chi connectivity index (χ0n) is 12.1. The van der Waals surface area contributed by atoms with Gasteiger partial charge in [-0.05, 0) is 49.9 Å². The predicted octanol–water partition coefficient (Wildman–Crippen LogP) is 2.88. The van der Waals surface area contributed by atoms with Gasteiger partial charge in [0.15, 0.2) is 0 Å². The van der Waals surface area contributed by atoms with E-state index >= 15 is 0 Å². The number of hydrogen-bond acceptors (Lipinski definition) is 2. The molecule has 2 N–H and O–H groups in total. The smallest absolute Gasteiger partial charge is 0.00755 e. The minimum Gasteiger partial charge on any atom is -0.330 e. The molecule has 0 amide bonds. The number of nitrogens with two attached hydrogens (primary N) is 1. The van der Waals surface area contributed by atoms with Crippen LogP contribution >= 0.6 is 0 Å². The second-order valence-electron chi connectivity index (χ2n) is 6.56. The Kier molecular flexibility index (Phi) is 3.64. The lowest BCUT2D eigenvalue weighted by Crippen LogP contribution is -2.31. The molecule has 1 unspecified atom stereocenters. The molecule has 0 aromatic heterocycles. The lowest BCUT2D eigenvalue weighted by molar-refractivity contribution is 0.411. The van der Waals surface area contributed by atoms with Gasteiger partial charge in [0.05, 0.1) is 0 Å². The number of likely N-dealkylation sites (tertiary alicyclic amines) is 1. The minimum absolute atomic E-state index is 0.283. The molecule has 2 aliphatic rings. The minimum atomic E-state index is 0.283. The van der Waals surface area contributed by atoms with Crippen molar-refractivity contribution in [1.29, 1.82) is 0 Å². The highest BCUT2D eigenvalue weighted by molar-refractivity contribution is 5.32. The van der Waals surface area contributed by atoms with Gasteiger partial charge in [-0.25, -0.2) is 0 Å². The average Bonchev–Trinajstić information content (AvgIpc) is 3.08. The Morgan fingerprint density at radius 3 is 2.42 bits per heavy atom. The second kappa shape index (κ2) is 5.26. The van der Waals surface area contributed by atoms with Crippen molar-refractivity contribution in [1.82, 2.24) is 4.90 Å². The molecule has 1 saturated carbocycles. The summed E-state index contributed by atoms with van der Waals surface area (Å²) in [6, 6.07) is 9.42. The number of hydrogen-bond donors (Lipinski definition) is 1. The topological polar surface area (TPSA) is 29.3 Å². The fourth-order valence-corrected chi connectivity index (χ4v) is 3.98. The van der Waals surface area contributed by atoms with E-state index in [9.17, 15) is 0 Å². The fourth-order valence-electron chi connectivity index (χ4n) is 3.98. The van der Waals surface area contributed by atoms with Crippen LogP contribution in [0.25, 0.3) is 0 Å². The summed E-state index contributed by atoms with van der Waals surface area (Å²) >= 11 is 0. The molecule has 2 fully saturated rings. The van der Waals surface area contributed by atoms with E-state index < -0.39 is 0 Å². The highest BCUT2D eigenvalue weighted by Gasteiger charge is 2.34. The van der Waals surface area contributed by atoms with E-state index in [-0.39, 0.29) is 5.41 Å². The lowest BCUT2D eigenvalue weighted by atomic mass is 9.78. The summed E-state index contributed by atoms with van der Waals surface area (Å²) in [5.41, 5.74) is 9.34. The van der Waals surface area contributed by atoms with Crippen LogP contribution in [0.4, 0.5) is 0 Å². The van der Waals surface area contributed by atoms with E-state index in [0.29, 0.717) is 0 Å². The molecule has 0 spiro atoms. The molecular weight excluding hydrogens is 232 g/mol. The molecule has 1 saturated heterocycles. The number of benzene rings is 1. The number of likely N-dealkylation sites (N-methyl/N-ethyl adjacent to an activating group) is 1. The van der Waals surface area contributed by atoms with Crippen LogP contribution in [-0.2, 0) is 5.41 Å². The van der Waals surface area contributed by atoms with Gasteiger partial charge in [-0.15, -0.1) is 0 Å². The van der Waals surface area contributed by atoms with Crippen molar-refractivity contribution in [2.24, 2.45) is 5.73 Å². The van der Waals surface area contributed by atoms with Crippen molar-refractivity contribution >= 4 is 0 Å². The van der Waals surface area contributed by atoms with E-state index in [1.54, 1.807) is 0 Å². The largest absolute Gasteiger partial charge is 0.330 e. The Bertz CT molecular complexity index is 417. The normalized spacial score (nSPS) is 26.9. The summed E-state index contributed by atoms with van der Waals surface area (Å²) in [4.78, 5) is 2.43. The molecule has 1 heterocycles. The van der Waals surface area contributed by atoms with Crippen molar-refractivity contribution in [2.75, 3.05) is 26.7 Å². The monoisotopic (exact) mass is 258 g/mol. The quantitative estimate of drug-likeness (QED) is 0.903. The second-order valence-corrected chi connectivity index (χ2v) is 6.56. The Balaban J connectivity index is 1.78. The van der Waals surface area contributed by atoms with Crippen LogP contribution in [0.5, 0.6) is 0 Å². The van der Waals surface area contributed by atoms with Crippen LogP contribution in [0, 0.1) is 0 Å². The summed E-state index contributed by atoms with van der Waals surface area (Å²) in [6.45, 7) is 3.25. The molecule has 1 aliphatic carbocycles. The van der Waals surface area contributed by atoms with Gasteiger partial charge in [0.2, 0.25) is 0 Å². The molecule has 0 bridgehead atoms. The molecule has 3 rings (SSSR count). The average molecular weight is 258 g/mol. The standard InChI is InChI=1S/C17H26N2/c1-19-11-8-15(12-19)14-4-6-16(7-5-14)17(13-18)9-2-3-10-17/h4-7,15H,2-3,8-13,18H2,1H3. The first-order valence-corrected chi connectivity index (χ1v) is 7.73. The van der Waals surface area contributed by atoms with Crippen LogP contribution in [-0.4, -0.2) is 31.6 Å². The summed E-state index contributed by atoms with van der Waals surface area (Å²) in [5.74, 6) is 0.733. The van der Waals surface area contributed by atoms with Crippen LogP contribution in [0.2, 0.25) is 0 Å². The number of nitrogens with zero attached hydrogens (tertiary/aromatic N) is 1. The Morgan fingerprint density at radius 2 is 1.89 bits per heavy atom. The van der Waals surface area contributed by atoms with Gasteiger partial charge in [0.1, 0.15) is 0 Å². The lowest BCUT2D eigenvalue weighted by Gasteiger charge is -2.28. The summed E-state index contributed by atoms with van der Waals surface area (Å²) < 4.78 is 0. The van der Waals surface area contributed by atoms with Crippen LogP contribution in [0.3, 0.4) is 0 Å². The van der Waals surface area contributed by atoms with E-state index in [4.69, 9.17) is 5.73 Å². The molecular formula is C17H26N2. The van der Waals surface area contributed by atoms with E-state index in [0.717, 1.165) is 12.5 Å². The SMILES string of the molecule is CN1CCC(c2ccc(C3(CN)CCCC3)cc2)C1. The summed E-state index contributed by atoms with van der Waals surface area (Å²) in [7, 11) is 2.22. The molecule has 1 aliphatic heterocycles. The van der Waals surface area contributed by atoms with E-state index in [1.807, 2.05) is 0 Å². The molecule has 19 heavy (non-hydrogen) atoms. The molecule has 2 nitrogen and oxygen atoms in total. The molecule has 104 valence electrons. The molecule has 1 aromatic carbocycles. The van der Waals surface area contributed by atoms with E-state index in [2.05, 4.69) is 36.2 Å². The van der Waals surface area contributed by atoms with Crippen molar-refractivity contribution in [2.45, 2.75) is 43.4 Å². The maximum Gasteiger partial charge on any atom is 0.00755 e. The number of rotatable bonds is 3. The van der Waals surface area contributed by atoms with Gasteiger partial charge in [0, 0.05) is 18.5 Å². The fraction of sp³-hybridized carbons (Fsp3) is 0.647. The molecule has 2 heteroatoms. The van der Waals surface area contributed by atoms with Gasteiger partial charge in [-0.1, -0.05) is 37.1 Å². The van der Waals surface area contributed by atoms with Crippen molar-refractivity contribution < 1.29 is 0 Å².